The Labute approximate surface area is 232 Å². The second-order valence-corrected chi connectivity index (χ2v) is 9.13. The van der Waals surface area contributed by atoms with E-state index in [1.165, 1.54) is 69.3 Å². The number of benzene rings is 1. The van der Waals surface area contributed by atoms with E-state index >= 15 is 4.39 Å². The van der Waals surface area contributed by atoms with E-state index < -0.39 is 24.2 Å². The third-order valence-electron chi connectivity index (χ3n) is 6.28. The Kier molecular flexibility index (Phi) is 6.66. The number of alkyl halides is 2. The van der Waals surface area contributed by atoms with Gasteiger partial charge in [0.15, 0.2) is 23.9 Å². The van der Waals surface area contributed by atoms with Gasteiger partial charge in [0.05, 0.1) is 52.7 Å². The fourth-order valence-corrected chi connectivity index (χ4v) is 4.60. The SMILES string of the molecule is [O-][n+]1cc(-c2c(-n3cnnn3)ccc(Cl)c2F)ccc1[C@@H](Cn1cc(F)cn1)n1cc(-c2ccnn2C(F)F)cn1. The summed E-state index contributed by atoms with van der Waals surface area (Å²) in [5.41, 5.74) is 0.912. The molecule has 5 aromatic heterocycles. The number of rotatable bonds is 8. The molecule has 0 saturated carbocycles. The first-order valence-electron chi connectivity index (χ1n) is 11.8. The summed E-state index contributed by atoms with van der Waals surface area (Å²) in [5, 5.41) is 36.1. The molecule has 17 heteroatoms. The van der Waals surface area contributed by atoms with Crippen LogP contribution in [0.2, 0.25) is 5.02 Å². The molecule has 5 heterocycles. The molecule has 208 valence electrons. The molecule has 0 radical (unpaired) electrons. The molecule has 6 rings (SSSR count). The Hall–Kier alpha value is -5.12. The highest BCUT2D eigenvalue weighted by molar-refractivity contribution is 6.31. The van der Waals surface area contributed by atoms with Crippen molar-refractivity contribution in [2.45, 2.75) is 19.1 Å². The Balaban J connectivity index is 1.43. The van der Waals surface area contributed by atoms with Gasteiger partial charge in [0.1, 0.15) is 6.33 Å². The minimum Gasteiger partial charge on any atom is -0.618 e. The lowest BCUT2D eigenvalue weighted by Crippen LogP contribution is -2.37. The van der Waals surface area contributed by atoms with Crippen molar-refractivity contribution in [2.75, 3.05) is 0 Å². The summed E-state index contributed by atoms with van der Waals surface area (Å²) in [6, 6.07) is 6.30. The van der Waals surface area contributed by atoms with Gasteiger partial charge in [-0.2, -0.15) is 33.5 Å². The molecular weight excluding hydrogens is 570 g/mol. The highest BCUT2D eigenvalue weighted by atomic mass is 35.5. The summed E-state index contributed by atoms with van der Waals surface area (Å²) in [6.45, 7) is -2.94. The molecule has 6 aromatic rings. The molecule has 12 nitrogen and oxygen atoms in total. The highest BCUT2D eigenvalue weighted by Gasteiger charge is 2.27. The number of hydrogen-bond acceptors (Lipinski definition) is 7. The van der Waals surface area contributed by atoms with Gasteiger partial charge in [-0.05, 0) is 34.7 Å². The van der Waals surface area contributed by atoms with Crippen molar-refractivity contribution >= 4 is 11.6 Å². The van der Waals surface area contributed by atoms with Crippen LogP contribution in [-0.4, -0.2) is 49.5 Å². The quantitative estimate of drug-likeness (QED) is 0.151. The molecule has 1 atom stereocenters. The fraction of sp³-hybridized carbons (Fsp3) is 0.125. The largest absolute Gasteiger partial charge is 0.618 e. The van der Waals surface area contributed by atoms with E-state index in [4.69, 9.17) is 11.6 Å². The monoisotopic (exact) mass is 585 g/mol. The molecule has 1 aromatic carbocycles. The van der Waals surface area contributed by atoms with E-state index in [1.54, 1.807) is 0 Å². The second kappa shape index (κ2) is 10.5. The van der Waals surface area contributed by atoms with Gasteiger partial charge < -0.3 is 5.21 Å². The maximum absolute atomic E-state index is 15.3. The van der Waals surface area contributed by atoms with Crippen LogP contribution in [0.25, 0.3) is 28.1 Å². The molecular formula is C24H16ClF4N11O. The van der Waals surface area contributed by atoms with Gasteiger partial charge in [-0.15, -0.1) is 5.10 Å². The van der Waals surface area contributed by atoms with Gasteiger partial charge in [-0.1, -0.05) is 11.6 Å². The molecule has 0 amide bonds. The van der Waals surface area contributed by atoms with Crippen LogP contribution in [-0.2, 0) is 6.54 Å². The molecule has 0 spiro atoms. The Morgan fingerprint density at radius 2 is 1.83 bits per heavy atom. The minimum absolute atomic E-state index is 0.0201. The predicted octanol–water partition coefficient (Wildman–Crippen LogP) is 3.84. The zero-order chi connectivity index (χ0) is 28.7. The van der Waals surface area contributed by atoms with Crippen molar-refractivity contribution < 1.29 is 22.3 Å². The van der Waals surface area contributed by atoms with E-state index in [0.29, 0.717) is 15.0 Å². The summed E-state index contributed by atoms with van der Waals surface area (Å²) in [4.78, 5) is 0. The molecule has 0 N–H and O–H groups in total. The van der Waals surface area contributed by atoms with Crippen molar-refractivity contribution in [3.05, 3.63) is 101 Å². The van der Waals surface area contributed by atoms with Crippen molar-refractivity contribution in [1.29, 1.82) is 0 Å². The summed E-state index contributed by atoms with van der Waals surface area (Å²) in [7, 11) is 0. The fourth-order valence-electron chi connectivity index (χ4n) is 4.44. The number of hydrogen-bond donors (Lipinski definition) is 0. The lowest BCUT2D eigenvalue weighted by molar-refractivity contribution is -0.615. The van der Waals surface area contributed by atoms with Gasteiger partial charge >= 0.3 is 6.55 Å². The third-order valence-corrected chi connectivity index (χ3v) is 6.57. The molecule has 41 heavy (non-hydrogen) atoms. The van der Waals surface area contributed by atoms with Crippen LogP contribution in [0.4, 0.5) is 17.6 Å². The first kappa shape index (κ1) is 26.1. The van der Waals surface area contributed by atoms with Crippen LogP contribution in [0.1, 0.15) is 18.3 Å². The first-order valence-corrected chi connectivity index (χ1v) is 12.2. The van der Waals surface area contributed by atoms with Crippen LogP contribution in [0, 0.1) is 16.8 Å². The van der Waals surface area contributed by atoms with Crippen LogP contribution in [0.15, 0.2) is 73.8 Å². The summed E-state index contributed by atoms with van der Waals surface area (Å²) in [6.07, 6.45) is 8.57. The highest BCUT2D eigenvalue weighted by Crippen LogP contribution is 2.33. The standard InChI is InChI=1S/C24H16ClF4N11O/c25-17-2-4-20(38-13-30-34-35-38)22(23(17)27)14-1-3-19(39(41)10-14)21(12-36-11-16(26)8-32-36)37-9-15(7-33-37)18-5-6-31-40(18)24(28)29/h1-11,13,21,24H,12H2/t21-/m1/s1. The second-order valence-electron chi connectivity index (χ2n) is 8.72. The number of pyridine rings is 1. The van der Waals surface area contributed by atoms with E-state index in [2.05, 4.69) is 30.8 Å². The van der Waals surface area contributed by atoms with Crippen molar-refractivity contribution in [1.82, 2.24) is 49.5 Å². The van der Waals surface area contributed by atoms with E-state index in [-0.39, 0.29) is 39.8 Å². The minimum atomic E-state index is -2.88. The third kappa shape index (κ3) is 4.88. The molecule has 0 aliphatic carbocycles. The van der Waals surface area contributed by atoms with Crippen LogP contribution >= 0.6 is 11.6 Å². The molecule has 0 saturated heterocycles. The number of aromatic nitrogens is 11. The predicted molar refractivity (Wildman–Crippen MR) is 134 cm³/mol. The zero-order valence-corrected chi connectivity index (χ0v) is 21.3. The van der Waals surface area contributed by atoms with Gasteiger partial charge in [-0.3, -0.25) is 9.36 Å². The molecule has 0 fully saturated rings. The molecule has 0 aliphatic heterocycles. The Morgan fingerprint density at radius 1 is 0.976 bits per heavy atom. The molecule has 0 aliphatic rings. The maximum atomic E-state index is 15.3. The van der Waals surface area contributed by atoms with Crippen molar-refractivity contribution in [3.63, 3.8) is 0 Å². The Morgan fingerprint density at radius 3 is 2.54 bits per heavy atom. The number of halogens is 5. The van der Waals surface area contributed by atoms with Gasteiger partial charge in [0.2, 0.25) is 5.69 Å². The van der Waals surface area contributed by atoms with E-state index in [9.17, 15) is 18.4 Å². The lowest BCUT2D eigenvalue weighted by atomic mass is 10.0. The topological polar surface area (TPSA) is 124 Å². The van der Waals surface area contributed by atoms with Crippen molar-refractivity contribution in [3.8, 4) is 28.1 Å². The van der Waals surface area contributed by atoms with Crippen molar-refractivity contribution in [2.24, 2.45) is 0 Å². The van der Waals surface area contributed by atoms with E-state index in [0.717, 1.165) is 18.6 Å². The smallest absolute Gasteiger partial charge is 0.333 e. The normalized spacial score (nSPS) is 12.3. The van der Waals surface area contributed by atoms with Gasteiger partial charge in [0, 0.05) is 24.0 Å². The summed E-state index contributed by atoms with van der Waals surface area (Å²) in [5.74, 6) is -1.38. The summed E-state index contributed by atoms with van der Waals surface area (Å²) < 4.78 is 60.7. The Bertz CT molecular complexity index is 1830. The van der Waals surface area contributed by atoms with Gasteiger partial charge in [-0.25, -0.2) is 13.5 Å². The number of nitrogens with zero attached hydrogens (tertiary/aromatic N) is 11. The number of tetrazole rings is 1. The molecule has 0 unspecified atom stereocenters. The van der Waals surface area contributed by atoms with E-state index in [1.807, 2.05) is 0 Å². The lowest BCUT2D eigenvalue weighted by Gasteiger charge is -2.18. The van der Waals surface area contributed by atoms with Crippen LogP contribution in [0.3, 0.4) is 0 Å². The average Bonchev–Trinajstić information content (AvgIpc) is 3.76. The maximum Gasteiger partial charge on any atom is 0.333 e. The van der Waals surface area contributed by atoms with Crippen LogP contribution < -0.4 is 4.73 Å². The molecule has 0 bridgehead atoms. The summed E-state index contributed by atoms with van der Waals surface area (Å²) >= 11 is 6.04. The van der Waals surface area contributed by atoms with Crippen LogP contribution in [0.5, 0.6) is 0 Å². The van der Waals surface area contributed by atoms with Gasteiger partial charge in [0.25, 0.3) is 0 Å². The first-order chi connectivity index (χ1) is 19.8. The average molecular weight is 586 g/mol. The zero-order valence-electron chi connectivity index (χ0n) is 20.5.